The zero-order valence-electron chi connectivity index (χ0n) is 14.4. The van der Waals surface area contributed by atoms with E-state index >= 15 is 0 Å². The first-order chi connectivity index (χ1) is 12.5. The molecule has 1 N–H and O–H groups in total. The summed E-state index contributed by atoms with van der Waals surface area (Å²) in [6.07, 6.45) is 0. The topological polar surface area (TPSA) is 72.7 Å². The summed E-state index contributed by atoms with van der Waals surface area (Å²) < 4.78 is 1.74. The first kappa shape index (κ1) is 18.4. The van der Waals surface area contributed by atoms with Gasteiger partial charge in [0, 0.05) is 17.3 Å². The molecule has 1 aromatic carbocycles. The standard InChI is InChI=1S/C18H18ClN5OS/c1-12-8-13(2)24(23-12)16-6-7-18(22-21-16)26-11-17(25)20-10-14-4-3-5-15(19)9-14/h3-9H,10-11H2,1-2H3,(H,20,25). The molecule has 0 saturated carbocycles. The van der Waals surface area contributed by atoms with E-state index in [9.17, 15) is 4.79 Å². The van der Waals surface area contributed by atoms with Crippen LogP contribution >= 0.6 is 23.4 Å². The second-order valence-electron chi connectivity index (χ2n) is 5.76. The number of nitrogens with one attached hydrogen (secondary N) is 1. The zero-order chi connectivity index (χ0) is 18.5. The molecule has 0 aliphatic heterocycles. The van der Waals surface area contributed by atoms with Crippen LogP contribution in [0.15, 0.2) is 47.5 Å². The minimum atomic E-state index is -0.0700. The predicted octanol–water partition coefficient (Wildman–Crippen LogP) is 3.34. The van der Waals surface area contributed by atoms with Crippen molar-refractivity contribution >= 4 is 29.3 Å². The number of aromatic nitrogens is 4. The van der Waals surface area contributed by atoms with Crippen LogP contribution in [0, 0.1) is 13.8 Å². The van der Waals surface area contributed by atoms with Crippen molar-refractivity contribution in [3.8, 4) is 5.82 Å². The summed E-state index contributed by atoms with van der Waals surface area (Å²) in [5, 5.41) is 16.9. The van der Waals surface area contributed by atoms with Gasteiger partial charge in [0.05, 0.1) is 11.4 Å². The third-order valence-electron chi connectivity index (χ3n) is 3.58. The van der Waals surface area contributed by atoms with Gasteiger partial charge in [-0.05, 0) is 49.7 Å². The Morgan fingerprint density at radius 2 is 2.04 bits per heavy atom. The van der Waals surface area contributed by atoms with Crippen molar-refractivity contribution in [2.75, 3.05) is 5.75 Å². The van der Waals surface area contributed by atoms with Crippen molar-refractivity contribution in [2.24, 2.45) is 0 Å². The molecule has 3 aromatic rings. The minimum Gasteiger partial charge on any atom is -0.351 e. The molecule has 0 unspecified atom stereocenters. The summed E-state index contributed by atoms with van der Waals surface area (Å²) in [6, 6.07) is 13.1. The molecule has 0 saturated heterocycles. The molecule has 8 heteroatoms. The summed E-state index contributed by atoms with van der Waals surface area (Å²) in [7, 11) is 0. The van der Waals surface area contributed by atoms with E-state index in [1.165, 1.54) is 11.8 Å². The van der Waals surface area contributed by atoms with E-state index in [4.69, 9.17) is 11.6 Å². The Hall–Kier alpha value is -2.38. The summed E-state index contributed by atoms with van der Waals surface area (Å²) >= 11 is 7.27. The lowest BCUT2D eigenvalue weighted by Crippen LogP contribution is -2.24. The summed E-state index contributed by atoms with van der Waals surface area (Å²) in [5.41, 5.74) is 2.89. The lowest BCUT2D eigenvalue weighted by Gasteiger charge is -2.06. The van der Waals surface area contributed by atoms with Crippen molar-refractivity contribution < 1.29 is 4.79 Å². The van der Waals surface area contributed by atoms with Gasteiger partial charge in [-0.3, -0.25) is 4.79 Å². The first-order valence-electron chi connectivity index (χ1n) is 8.02. The molecule has 2 heterocycles. The number of thioether (sulfide) groups is 1. The van der Waals surface area contributed by atoms with E-state index < -0.39 is 0 Å². The monoisotopic (exact) mass is 387 g/mol. The number of hydrogen-bond acceptors (Lipinski definition) is 5. The molecule has 0 atom stereocenters. The van der Waals surface area contributed by atoms with Gasteiger partial charge in [-0.1, -0.05) is 35.5 Å². The van der Waals surface area contributed by atoms with Crippen LogP contribution < -0.4 is 5.32 Å². The highest BCUT2D eigenvalue weighted by Gasteiger charge is 2.08. The van der Waals surface area contributed by atoms with E-state index in [0.717, 1.165) is 17.0 Å². The molecule has 3 rings (SSSR count). The number of benzene rings is 1. The van der Waals surface area contributed by atoms with Crippen LogP contribution in [0.2, 0.25) is 5.02 Å². The Morgan fingerprint density at radius 1 is 1.19 bits per heavy atom. The Kier molecular flexibility index (Phi) is 5.90. The van der Waals surface area contributed by atoms with Gasteiger partial charge in [0.25, 0.3) is 0 Å². The van der Waals surface area contributed by atoms with Gasteiger partial charge in [-0.25, -0.2) is 4.68 Å². The molecule has 0 radical (unpaired) electrons. The van der Waals surface area contributed by atoms with E-state index in [1.807, 2.05) is 50.2 Å². The van der Waals surface area contributed by atoms with Crippen molar-refractivity contribution in [1.29, 1.82) is 0 Å². The highest BCUT2D eigenvalue weighted by molar-refractivity contribution is 7.99. The fraction of sp³-hybridized carbons (Fsp3) is 0.222. The number of carbonyl (C=O) groups is 1. The second kappa shape index (κ2) is 8.33. The average molecular weight is 388 g/mol. The zero-order valence-corrected chi connectivity index (χ0v) is 16.0. The van der Waals surface area contributed by atoms with Gasteiger partial charge < -0.3 is 5.32 Å². The highest BCUT2D eigenvalue weighted by atomic mass is 35.5. The molecule has 26 heavy (non-hydrogen) atoms. The highest BCUT2D eigenvalue weighted by Crippen LogP contribution is 2.16. The molecule has 0 bridgehead atoms. The molecule has 134 valence electrons. The lowest BCUT2D eigenvalue weighted by molar-refractivity contribution is -0.118. The molecule has 1 amide bonds. The Morgan fingerprint density at radius 3 is 2.69 bits per heavy atom. The van der Waals surface area contributed by atoms with E-state index in [2.05, 4.69) is 20.6 Å². The molecule has 0 spiro atoms. The van der Waals surface area contributed by atoms with Gasteiger partial charge in [0.1, 0.15) is 5.03 Å². The van der Waals surface area contributed by atoms with Crippen molar-refractivity contribution in [1.82, 2.24) is 25.3 Å². The van der Waals surface area contributed by atoms with Crippen LogP contribution in [0.1, 0.15) is 17.0 Å². The maximum Gasteiger partial charge on any atom is 0.230 e. The number of carbonyl (C=O) groups excluding carboxylic acids is 1. The summed E-state index contributed by atoms with van der Waals surface area (Å²) in [5.74, 6) is 0.860. The van der Waals surface area contributed by atoms with Crippen LogP contribution in [0.4, 0.5) is 0 Å². The fourth-order valence-corrected chi connectivity index (χ4v) is 3.26. The SMILES string of the molecule is Cc1cc(C)n(-c2ccc(SCC(=O)NCc3cccc(Cl)c3)nn2)n1. The van der Waals surface area contributed by atoms with Crippen molar-refractivity contribution in [3.05, 3.63) is 64.4 Å². The summed E-state index contributed by atoms with van der Waals surface area (Å²) in [6.45, 7) is 4.35. The van der Waals surface area contributed by atoms with Gasteiger partial charge in [0.2, 0.25) is 5.91 Å². The van der Waals surface area contributed by atoms with Crippen LogP contribution in [-0.2, 0) is 11.3 Å². The summed E-state index contributed by atoms with van der Waals surface area (Å²) in [4.78, 5) is 12.0. The van der Waals surface area contributed by atoms with Crippen molar-refractivity contribution in [2.45, 2.75) is 25.4 Å². The fourth-order valence-electron chi connectivity index (χ4n) is 2.40. The Labute approximate surface area is 161 Å². The van der Waals surface area contributed by atoms with Crippen molar-refractivity contribution in [3.63, 3.8) is 0 Å². The van der Waals surface area contributed by atoms with E-state index in [0.29, 0.717) is 22.4 Å². The first-order valence-corrected chi connectivity index (χ1v) is 9.39. The Bertz CT molecular complexity index is 910. The van der Waals surface area contributed by atoms with Gasteiger partial charge >= 0.3 is 0 Å². The van der Waals surface area contributed by atoms with Crippen LogP contribution in [0.25, 0.3) is 5.82 Å². The molecule has 0 fully saturated rings. The third-order valence-corrected chi connectivity index (χ3v) is 4.74. The van der Waals surface area contributed by atoms with Crippen LogP contribution in [-0.4, -0.2) is 31.6 Å². The van der Waals surface area contributed by atoms with E-state index in [1.54, 1.807) is 10.7 Å². The van der Waals surface area contributed by atoms with Gasteiger partial charge in [-0.2, -0.15) is 5.10 Å². The lowest BCUT2D eigenvalue weighted by atomic mass is 10.2. The maximum absolute atomic E-state index is 12.0. The number of hydrogen-bond donors (Lipinski definition) is 1. The number of rotatable bonds is 6. The molecular weight excluding hydrogens is 370 g/mol. The number of amides is 1. The largest absolute Gasteiger partial charge is 0.351 e. The quantitative estimate of drug-likeness (QED) is 0.657. The van der Waals surface area contributed by atoms with Gasteiger partial charge in [-0.15, -0.1) is 10.2 Å². The molecule has 0 aliphatic carbocycles. The van der Waals surface area contributed by atoms with Crippen LogP contribution in [0.3, 0.4) is 0 Å². The number of halogens is 1. The molecule has 0 aliphatic rings. The van der Waals surface area contributed by atoms with E-state index in [-0.39, 0.29) is 11.7 Å². The molecule has 6 nitrogen and oxygen atoms in total. The number of aryl methyl sites for hydroxylation is 2. The van der Waals surface area contributed by atoms with Gasteiger partial charge in [0.15, 0.2) is 5.82 Å². The average Bonchev–Trinajstić information content (AvgIpc) is 2.97. The normalized spacial score (nSPS) is 10.7. The number of nitrogens with zero attached hydrogens (tertiary/aromatic N) is 4. The molecular formula is C18H18ClN5OS. The predicted molar refractivity (Wildman–Crippen MR) is 103 cm³/mol. The smallest absolute Gasteiger partial charge is 0.230 e. The third kappa shape index (κ3) is 4.83. The Balaban J connectivity index is 1.51. The minimum absolute atomic E-state index is 0.0700. The second-order valence-corrected chi connectivity index (χ2v) is 7.20. The molecule has 2 aromatic heterocycles. The maximum atomic E-state index is 12.0. The van der Waals surface area contributed by atoms with Crippen LogP contribution in [0.5, 0.6) is 0 Å².